The lowest BCUT2D eigenvalue weighted by Gasteiger charge is -2.31. The summed E-state index contributed by atoms with van der Waals surface area (Å²) in [6.45, 7) is 7.42. The third-order valence-corrected chi connectivity index (χ3v) is 5.91. The maximum absolute atomic E-state index is 5.46. The Labute approximate surface area is 176 Å². The molecule has 2 aromatic rings. The molecule has 5 nitrogen and oxygen atoms in total. The molecule has 1 aromatic carbocycles. The van der Waals surface area contributed by atoms with Crippen LogP contribution in [0.2, 0.25) is 0 Å². The topological polar surface area (TPSA) is 42.3 Å². The van der Waals surface area contributed by atoms with E-state index < -0.39 is 0 Å². The lowest BCUT2D eigenvalue weighted by molar-refractivity contribution is 0.0677. The lowest BCUT2D eigenvalue weighted by atomic mass is 10.1. The first kappa shape index (κ1) is 22.0. The van der Waals surface area contributed by atoms with Crippen molar-refractivity contribution in [3.8, 4) is 11.4 Å². The second-order valence-electron chi connectivity index (χ2n) is 8.15. The van der Waals surface area contributed by atoms with E-state index in [9.17, 15) is 0 Å². The van der Waals surface area contributed by atoms with E-state index in [1.54, 1.807) is 7.11 Å². The molecule has 0 bridgehead atoms. The van der Waals surface area contributed by atoms with Crippen molar-refractivity contribution in [1.82, 2.24) is 20.0 Å². The zero-order chi connectivity index (χ0) is 20.5. The average molecular weight is 399 g/mol. The molecule has 0 spiro atoms. The van der Waals surface area contributed by atoms with Crippen LogP contribution in [-0.4, -0.2) is 40.9 Å². The summed E-state index contributed by atoms with van der Waals surface area (Å²) < 4.78 is 7.92. The van der Waals surface area contributed by atoms with E-state index in [0.29, 0.717) is 6.04 Å². The molecule has 1 aliphatic rings. The van der Waals surface area contributed by atoms with E-state index in [0.717, 1.165) is 31.9 Å². The van der Waals surface area contributed by atoms with E-state index >= 15 is 0 Å². The van der Waals surface area contributed by atoms with Crippen molar-refractivity contribution in [3.63, 3.8) is 0 Å². The third kappa shape index (κ3) is 5.68. The molecule has 160 valence electrons. The van der Waals surface area contributed by atoms with Crippen LogP contribution in [0, 0.1) is 0 Å². The van der Waals surface area contributed by atoms with Gasteiger partial charge in [-0.1, -0.05) is 63.4 Å². The molecule has 2 atom stereocenters. The molecule has 1 saturated heterocycles. The summed E-state index contributed by atoms with van der Waals surface area (Å²) in [7, 11) is 1.80. The lowest BCUT2D eigenvalue weighted by Crippen LogP contribution is -2.45. The highest BCUT2D eigenvalue weighted by Crippen LogP contribution is 2.28. The normalized spacial score (nSPS) is 18.4. The van der Waals surface area contributed by atoms with Gasteiger partial charge in [-0.15, -0.1) is 0 Å². The number of hydrogen-bond donors (Lipinski definition) is 1. The number of nitrogens with zero attached hydrogens (tertiary/aromatic N) is 3. The molecule has 0 radical (unpaired) electrons. The quantitative estimate of drug-likeness (QED) is 0.534. The molecule has 1 aliphatic heterocycles. The molecular weight excluding hydrogens is 360 g/mol. The van der Waals surface area contributed by atoms with Crippen LogP contribution in [0.25, 0.3) is 11.4 Å². The maximum atomic E-state index is 5.46. The van der Waals surface area contributed by atoms with Crippen LogP contribution < -0.4 is 5.43 Å². The predicted molar refractivity (Wildman–Crippen MR) is 120 cm³/mol. The summed E-state index contributed by atoms with van der Waals surface area (Å²) in [6.07, 6.45) is 10.4. The van der Waals surface area contributed by atoms with Crippen LogP contribution in [0.4, 0.5) is 0 Å². The van der Waals surface area contributed by atoms with Gasteiger partial charge in [0.05, 0.1) is 24.5 Å². The Morgan fingerprint density at radius 2 is 1.97 bits per heavy atom. The molecule has 29 heavy (non-hydrogen) atoms. The largest absolute Gasteiger partial charge is 0.383 e. The Balaban J connectivity index is 1.88. The Hall–Kier alpha value is -1.69. The fourth-order valence-corrected chi connectivity index (χ4v) is 4.29. The zero-order valence-electron chi connectivity index (χ0n) is 18.4. The van der Waals surface area contributed by atoms with Crippen LogP contribution in [0.5, 0.6) is 0 Å². The van der Waals surface area contributed by atoms with Gasteiger partial charge < -0.3 is 9.30 Å². The van der Waals surface area contributed by atoms with Crippen molar-refractivity contribution < 1.29 is 4.74 Å². The highest BCUT2D eigenvalue weighted by molar-refractivity contribution is 5.56. The number of unbranched alkanes of at least 4 members (excludes halogenated alkanes) is 2. The minimum atomic E-state index is 0.286. The monoisotopic (exact) mass is 398 g/mol. The van der Waals surface area contributed by atoms with E-state index in [4.69, 9.17) is 9.72 Å². The summed E-state index contributed by atoms with van der Waals surface area (Å²) in [5.41, 5.74) is 6.39. The maximum Gasteiger partial charge on any atom is 0.140 e. The predicted octanol–water partition coefficient (Wildman–Crippen LogP) is 5.20. The number of hydrogen-bond acceptors (Lipinski definition) is 4. The summed E-state index contributed by atoms with van der Waals surface area (Å²) in [5.74, 6) is 1.09. The van der Waals surface area contributed by atoms with Crippen LogP contribution in [0.3, 0.4) is 0 Å². The SMILES string of the molecule is CCCC[C@@H](NN1CCCC1COC)c1cnc(-c2ccccc2)n1CCCC. The Morgan fingerprint density at radius 1 is 1.17 bits per heavy atom. The Kier molecular flexibility index (Phi) is 8.71. The molecule has 2 heterocycles. The van der Waals surface area contributed by atoms with Crippen molar-refractivity contribution in [2.75, 3.05) is 20.3 Å². The van der Waals surface area contributed by atoms with Gasteiger partial charge in [-0.05, 0) is 25.7 Å². The first-order valence-corrected chi connectivity index (χ1v) is 11.4. The second kappa shape index (κ2) is 11.5. The molecule has 1 fully saturated rings. The smallest absolute Gasteiger partial charge is 0.140 e. The van der Waals surface area contributed by atoms with Gasteiger partial charge in [0.25, 0.3) is 0 Å². The molecule has 1 aromatic heterocycles. The number of hydrazine groups is 1. The van der Waals surface area contributed by atoms with E-state index in [-0.39, 0.29) is 6.04 Å². The van der Waals surface area contributed by atoms with Gasteiger partial charge in [-0.25, -0.2) is 15.4 Å². The van der Waals surface area contributed by atoms with E-state index in [1.165, 1.54) is 49.8 Å². The summed E-state index contributed by atoms with van der Waals surface area (Å²) in [6, 6.07) is 11.3. The van der Waals surface area contributed by atoms with Gasteiger partial charge in [0.15, 0.2) is 0 Å². The molecule has 3 rings (SSSR count). The van der Waals surface area contributed by atoms with Gasteiger partial charge in [0.2, 0.25) is 0 Å². The minimum Gasteiger partial charge on any atom is -0.383 e. The molecule has 1 N–H and O–H groups in total. The molecule has 0 amide bonds. The standard InChI is InChI=1S/C24H38N4O/c1-4-6-15-22(26-28-17-11-14-21(28)19-29-3)23-18-25-24(27(23)16-7-5-2)20-12-9-8-10-13-20/h8-10,12-13,18,21-22,26H,4-7,11,14-17,19H2,1-3H3/t21?,22-/m1/s1. The number of benzene rings is 1. The van der Waals surface area contributed by atoms with Crippen LogP contribution in [0.1, 0.15) is 70.5 Å². The molecule has 1 unspecified atom stereocenters. The molecular formula is C24H38N4O. The second-order valence-corrected chi connectivity index (χ2v) is 8.15. The van der Waals surface area contributed by atoms with Crippen molar-refractivity contribution in [2.45, 2.75) is 77.4 Å². The van der Waals surface area contributed by atoms with E-state index in [1.807, 2.05) is 0 Å². The number of rotatable bonds is 12. The highest BCUT2D eigenvalue weighted by Gasteiger charge is 2.28. The Morgan fingerprint density at radius 3 is 2.69 bits per heavy atom. The number of aromatic nitrogens is 2. The van der Waals surface area contributed by atoms with Gasteiger partial charge in [0.1, 0.15) is 5.82 Å². The van der Waals surface area contributed by atoms with E-state index in [2.05, 4.69) is 65.4 Å². The van der Waals surface area contributed by atoms with Gasteiger partial charge in [0, 0.05) is 31.8 Å². The third-order valence-electron chi connectivity index (χ3n) is 5.91. The zero-order valence-corrected chi connectivity index (χ0v) is 18.4. The van der Waals surface area contributed by atoms with Crippen molar-refractivity contribution in [2.24, 2.45) is 0 Å². The average Bonchev–Trinajstić information content (AvgIpc) is 3.37. The van der Waals surface area contributed by atoms with Crippen LogP contribution in [0.15, 0.2) is 36.5 Å². The fourth-order valence-electron chi connectivity index (χ4n) is 4.29. The first-order valence-electron chi connectivity index (χ1n) is 11.4. The number of imidazole rings is 1. The van der Waals surface area contributed by atoms with Crippen LogP contribution in [-0.2, 0) is 11.3 Å². The fraction of sp³-hybridized carbons (Fsp3) is 0.625. The van der Waals surface area contributed by atoms with Gasteiger partial charge in [-0.2, -0.15) is 0 Å². The number of methoxy groups -OCH3 is 1. The number of ether oxygens (including phenoxy) is 1. The summed E-state index contributed by atoms with van der Waals surface area (Å²) >= 11 is 0. The van der Waals surface area contributed by atoms with Gasteiger partial charge >= 0.3 is 0 Å². The van der Waals surface area contributed by atoms with Crippen LogP contribution >= 0.6 is 0 Å². The van der Waals surface area contributed by atoms with Gasteiger partial charge in [-0.3, -0.25) is 0 Å². The molecule has 0 aliphatic carbocycles. The number of nitrogens with one attached hydrogen (secondary N) is 1. The summed E-state index contributed by atoms with van der Waals surface area (Å²) in [5, 5.41) is 2.42. The molecule has 0 saturated carbocycles. The summed E-state index contributed by atoms with van der Waals surface area (Å²) in [4.78, 5) is 4.88. The first-order chi connectivity index (χ1) is 14.3. The minimum absolute atomic E-state index is 0.286. The van der Waals surface area contributed by atoms with Crippen molar-refractivity contribution in [1.29, 1.82) is 0 Å². The van der Waals surface area contributed by atoms with Crippen molar-refractivity contribution >= 4 is 0 Å². The molecule has 5 heteroatoms. The van der Waals surface area contributed by atoms with Crippen molar-refractivity contribution in [3.05, 3.63) is 42.2 Å². The highest BCUT2D eigenvalue weighted by atomic mass is 16.5. The Bertz CT molecular complexity index is 715.